The number of thiazole rings is 1. The van der Waals surface area contributed by atoms with Crippen molar-refractivity contribution in [1.29, 1.82) is 0 Å². The average molecular weight is 410 g/mol. The number of hydrogen-bond donors (Lipinski definition) is 1. The van der Waals surface area contributed by atoms with Gasteiger partial charge in [-0.15, -0.1) is 11.3 Å². The number of hydrogen-bond acceptors (Lipinski definition) is 5. The third-order valence-corrected chi connectivity index (χ3v) is 6.05. The second-order valence-corrected chi connectivity index (χ2v) is 8.01. The van der Waals surface area contributed by atoms with Crippen molar-refractivity contribution in [2.75, 3.05) is 26.1 Å². The van der Waals surface area contributed by atoms with Gasteiger partial charge in [-0.2, -0.15) is 0 Å². The molecule has 1 N–H and O–H groups in total. The zero-order valence-corrected chi connectivity index (χ0v) is 17.5. The fourth-order valence-corrected chi connectivity index (χ4v) is 4.51. The molecule has 0 bridgehead atoms. The van der Waals surface area contributed by atoms with Crippen LogP contribution in [0.4, 0.5) is 10.5 Å². The molecular formula is C22H23N3O3S. The molecule has 2 heterocycles. The molecule has 1 aliphatic heterocycles. The summed E-state index contributed by atoms with van der Waals surface area (Å²) in [5.74, 6) is 1.37. The van der Waals surface area contributed by atoms with Gasteiger partial charge < -0.3 is 19.7 Å². The Morgan fingerprint density at radius 2 is 1.97 bits per heavy atom. The standard InChI is InChI=1S/C22H23N3O3S/c1-14-5-4-6-16(11-14)23-22(26)25-10-9-17-20(13-25)29-21(24-17)15-7-8-18(27-2)19(12-15)28-3/h4-8,11-12H,9-10,13H2,1-3H3,(H,23,26). The quantitative estimate of drug-likeness (QED) is 0.677. The van der Waals surface area contributed by atoms with E-state index in [1.165, 1.54) is 0 Å². The van der Waals surface area contributed by atoms with E-state index >= 15 is 0 Å². The van der Waals surface area contributed by atoms with Crippen LogP contribution in [-0.2, 0) is 13.0 Å². The van der Waals surface area contributed by atoms with Gasteiger partial charge >= 0.3 is 6.03 Å². The maximum atomic E-state index is 12.7. The summed E-state index contributed by atoms with van der Waals surface area (Å²) in [4.78, 5) is 20.5. The lowest BCUT2D eigenvalue weighted by atomic mass is 10.1. The third kappa shape index (κ3) is 4.05. The van der Waals surface area contributed by atoms with Crippen LogP contribution in [0, 0.1) is 6.92 Å². The second-order valence-electron chi connectivity index (χ2n) is 6.93. The van der Waals surface area contributed by atoms with Crippen LogP contribution in [0.25, 0.3) is 10.6 Å². The molecule has 3 aromatic rings. The molecule has 2 amide bonds. The summed E-state index contributed by atoms with van der Waals surface area (Å²) in [6, 6.07) is 13.5. The number of benzene rings is 2. The molecular weight excluding hydrogens is 386 g/mol. The first-order valence-electron chi connectivity index (χ1n) is 9.41. The fraction of sp³-hybridized carbons (Fsp3) is 0.273. The van der Waals surface area contributed by atoms with Crippen molar-refractivity contribution in [2.24, 2.45) is 0 Å². The van der Waals surface area contributed by atoms with Crippen molar-refractivity contribution in [1.82, 2.24) is 9.88 Å². The highest BCUT2D eigenvalue weighted by Crippen LogP contribution is 2.36. The van der Waals surface area contributed by atoms with Crippen LogP contribution in [0.2, 0.25) is 0 Å². The molecule has 0 radical (unpaired) electrons. The fourth-order valence-electron chi connectivity index (χ4n) is 3.39. The number of rotatable bonds is 4. The number of amides is 2. The number of ether oxygens (including phenoxy) is 2. The zero-order chi connectivity index (χ0) is 20.4. The molecule has 0 spiro atoms. The van der Waals surface area contributed by atoms with E-state index in [9.17, 15) is 4.79 Å². The Morgan fingerprint density at radius 3 is 2.72 bits per heavy atom. The Bertz CT molecular complexity index is 1050. The monoisotopic (exact) mass is 409 g/mol. The molecule has 0 aliphatic carbocycles. The van der Waals surface area contributed by atoms with E-state index in [4.69, 9.17) is 14.5 Å². The molecule has 150 valence electrons. The Morgan fingerprint density at radius 1 is 1.14 bits per heavy atom. The van der Waals surface area contributed by atoms with Crippen LogP contribution in [0.3, 0.4) is 0 Å². The summed E-state index contributed by atoms with van der Waals surface area (Å²) >= 11 is 1.62. The lowest BCUT2D eigenvalue weighted by molar-refractivity contribution is 0.207. The van der Waals surface area contributed by atoms with Gasteiger partial charge in [-0.05, 0) is 42.8 Å². The van der Waals surface area contributed by atoms with E-state index in [0.717, 1.165) is 38.8 Å². The SMILES string of the molecule is COc1ccc(-c2nc3c(s2)CN(C(=O)Nc2cccc(C)c2)CC3)cc1OC. The number of urea groups is 1. The van der Waals surface area contributed by atoms with E-state index in [1.54, 1.807) is 25.6 Å². The minimum Gasteiger partial charge on any atom is -0.493 e. The van der Waals surface area contributed by atoms with Crippen molar-refractivity contribution in [3.63, 3.8) is 0 Å². The first kappa shape index (κ1) is 19.3. The molecule has 0 fully saturated rings. The van der Waals surface area contributed by atoms with Gasteiger partial charge in [0.05, 0.1) is 26.5 Å². The highest BCUT2D eigenvalue weighted by Gasteiger charge is 2.25. The number of carbonyl (C=O) groups excluding carboxylic acids is 1. The number of anilines is 1. The lowest BCUT2D eigenvalue weighted by Crippen LogP contribution is -2.38. The smallest absolute Gasteiger partial charge is 0.322 e. The van der Waals surface area contributed by atoms with Crippen molar-refractivity contribution in [2.45, 2.75) is 19.9 Å². The Labute approximate surface area is 174 Å². The highest BCUT2D eigenvalue weighted by molar-refractivity contribution is 7.15. The number of aryl methyl sites for hydroxylation is 1. The van der Waals surface area contributed by atoms with Gasteiger partial charge in [-0.1, -0.05) is 12.1 Å². The number of carbonyl (C=O) groups is 1. The van der Waals surface area contributed by atoms with E-state index in [-0.39, 0.29) is 6.03 Å². The number of aromatic nitrogens is 1. The van der Waals surface area contributed by atoms with E-state index in [2.05, 4.69) is 5.32 Å². The summed E-state index contributed by atoms with van der Waals surface area (Å²) in [6.07, 6.45) is 0.750. The molecule has 6 nitrogen and oxygen atoms in total. The third-order valence-electron chi connectivity index (χ3n) is 4.92. The summed E-state index contributed by atoms with van der Waals surface area (Å²) in [6.45, 7) is 3.23. The predicted molar refractivity (Wildman–Crippen MR) is 115 cm³/mol. The molecule has 4 rings (SSSR count). The summed E-state index contributed by atoms with van der Waals surface area (Å²) in [7, 11) is 3.25. The minimum atomic E-state index is -0.0812. The average Bonchev–Trinajstić information content (AvgIpc) is 3.16. The summed E-state index contributed by atoms with van der Waals surface area (Å²) in [5, 5.41) is 3.92. The molecule has 7 heteroatoms. The Kier molecular flexibility index (Phi) is 5.40. The van der Waals surface area contributed by atoms with Crippen molar-refractivity contribution in [3.05, 3.63) is 58.6 Å². The molecule has 0 saturated carbocycles. The number of nitrogens with one attached hydrogen (secondary N) is 1. The normalized spacial score (nSPS) is 13.0. The molecule has 2 aromatic carbocycles. The molecule has 0 saturated heterocycles. The van der Waals surface area contributed by atoms with Crippen LogP contribution in [0.15, 0.2) is 42.5 Å². The van der Waals surface area contributed by atoms with Gasteiger partial charge in [0.15, 0.2) is 11.5 Å². The van der Waals surface area contributed by atoms with Crippen LogP contribution in [-0.4, -0.2) is 36.7 Å². The van der Waals surface area contributed by atoms with Gasteiger partial charge in [-0.25, -0.2) is 9.78 Å². The van der Waals surface area contributed by atoms with Crippen LogP contribution in [0.5, 0.6) is 11.5 Å². The Balaban J connectivity index is 1.51. The largest absolute Gasteiger partial charge is 0.493 e. The topological polar surface area (TPSA) is 63.7 Å². The Hall–Kier alpha value is -3.06. The maximum absolute atomic E-state index is 12.7. The first-order chi connectivity index (χ1) is 14.1. The van der Waals surface area contributed by atoms with E-state index in [1.807, 2.05) is 54.3 Å². The minimum absolute atomic E-state index is 0.0812. The van der Waals surface area contributed by atoms with Gasteiger partial charge in [0.1, 0.15) is 5.01 Å². The van der Waals surface area contributed by atoms with E-state index < -0.39 is 0 Å². The van der Waals surface area contributed by atoms with Crippen molar-refractivity contribution < 1.29 is 14.3 Å². The van der Waals surface area contributed by atoms with Gasteiger partial charge in [0, 0.05) is 29.1 Å². The number of nitrogens with zero attached hydrogens (tertiary/aromatic N) is 2. The van der Waals surface area contributed by atoms with Crippen molar-refractivity contribution >= 4 is 23.1 Å². The zero-order valence-electron chi connectivity index (χ0n) is 16.7. The molecule has 0 unspecified atom stereocenters. The molecule has 29 heavy (non-hydrogen) atoms. The summed E-state index contributed by atoms with van der Waals surface area (Å²) in [5.41, 5.74) is 3.99. The molecule has 1 aliphatic rings. The number of fused-ring (bicyclic) bond motifs is 1. The van der Waals surface area contributed by atoms with Crippen LogP contribution >= 0.6 is 11.3 Å². The summed E-state index contributed by atoms with van der Waals surface area (Å²) < 4.78 is 10.7. The maximum Gasteiger partial charge on any atom is 0.322 e. The lowest BCUT2D eigenvalue weighted by Gasteiger charge is -2.26. The predicted octanol–water partition coefficient (Wildman–Crippen LogP) is 4.73. The van der Waals surface area contributed by atoms with Gasteiger partial charge in [-0.3, -0.25) is 0 Å². The highest BCUT2D eigenvalue weighted by atomic mass is 32.1. The van der Waals surface area contributed by atoms with Crippen LogP contribution in [0.1, 0.15) is 16.1 Å². The van der Waals surface area contributed by atoms with E-state index in [0.29, 0.717) is 24.6 Å². The first-order valence-corrected chi connectivity index (χ1v) is 10.2. The second kappa shape index (κ2) is 8.13. The van der Waals surface area contributed by atoms with Gasteiger partial charge in [0.2, 0.25) is 0 Å². The number of methoxy groups -OCH3 is 2. The molecule has 1 aromatic heterocycles. The van der Waals surface area contributed by atoms with Crippen molar-refractivity contribution in [3.8, 4) is 22.1 Å². The van der Waals surface area contributed by atoms with Gasteiger partial charge in [0.25, 0.3) is 0 Å². The molecule has 0 atom stereocenters. The van der Waals surface area contributed by atoms with Crippen LogP contribution < -0.4 is 14.8 Å².